The van der Waals surface area contributed by atoms with Crippen molar-refractivity contribution in [2.75, 3.05) is 18.9 Å². The molecule has 0 bridgehead atoms. The molecule has 26 heavy (non-hydrogen) atoms. The third-order valence-electron chi connectivity index (χ3n) is 3.70. The molecule has 0 atom stereocenters. The highest BCUT2D eigenvalue weighted by molar-refractivity contribution is 7.13. The predicted molar refractivity (Wildman–Crippen MR) is 98.9 cm³/mol. The Morgan fingerprint density at radius 2 is 2.08 bits per heavy atom. The molecule has 0 aliphatic rings. The number of amides is 3. The molecule has 3 aromatic rings. The van der Waals surface area contributed by atoms with E-state index in [9.17, 15) is 14.4 Å². The van der Waals surface area contributed by atoms with Crippen LogP contribution in [-0.4, -0.2) is 46.2 Å². The Kier molecular flexibility index (Phi) is 4.99. The van der Waals surface area contributed by atoms with E-state index in [4.69, 9.17) is 5.73 Å². The fourth-order valence-corrected chi connectivity index (χ4v) is 3.25. The Labute approximate surface area is 153 Å². The predicted octanol–water partition coefficient (Wildman–Crippen LogP) is 1.36. The van der Waals surface area contributed by atoms with Crippen LogP contribution >= 0.6 is 11.3 Å². The zero-order valence-corrected chi connectivity index (χ0v) is 14.8. The summed E-state index contributed by atoms with van der Waals surface area (Å²) >= 11 is 1.20. The van der Waals surface area contributed by atoms with E-state index in [0.717, 1.165) is 10.9 Å². The van der Waals surface area contributed by atoms with Gasteiger partial charge in [0.05, 0.1) is 24.2 Å². The van der Waals surface area contributed by atoms with Crippen molar-refractivity contribution in [2.45, 2.75) is 6.42 Å². The Hall–Kier alpha value is -3.20. The molecule has 4 N–H and O–H groups in total. The molecule has 134 valence electrons. The van der Waals surface area contributed by atoms with Crippen molar-refractivity contribution in [3.8, 4) is 0 Å². The molecule has 0 unspecified atom stereocenters. The number of nitrogens with zero attached hydrogens (tertiary/aromatic N) is 2. The van der Waals surface area contributed by atoms with Crippen LogP contribution in [0.5, 0.6) is 0 Å². The maximum absolute atomic E-state index is 12.6. The van der Waals surface area contributed by atoms with Crippen molar-refractivity contribution in [1.29, 1.82) is 0 Å². The lowest BCUT2D eigenvalue weighted by Gasteiger charge is -2.15. The molecule has 0 aliphatic heterocycles. The van der Waals surface area contributed by atoms with Gasteiger partial charge in [0, 0.05) is 29.5 Å². The first-order valence-electron chi connectivity index (χ1n) is 7.78. The number of nitrogens with one attached hydrogen (secondary N) is 2. The van der Waals surface area contributed by atoms with Gasteiger partial charge in [-0.05, 0) is 6.07 Å². The Morgan fingerprint density at radius 3 is 2.85 bits per heavy atom. The van der Waals surface area contributed by atoms with Gasteiger partial charge in [-0.25, -0.2) is 4.98 Å². The Morgan fingerprint density at radius 1 is 1.31 bits per heavy atom. The van der Waals surface area contributed by atoms with E-state index in [1.54, 1.807) is 18.6 Å². The van der Waals surface area contributed by atoms with Gasteiger partial charge in [0.15, 0.2) is 5.13 Å². The zero-order valence-electron chi connectivity index (χ0n) is 14.0. The number of hydrogen-bond acceptors (Lipinski definition) is 5. The molecule has 0 saturated heterocycles. The lowest BCUT2D eigenvalue weighted by Crippen LogP contribution is -2.34. The molecule has 3 amide bonds. The number of primary amides is 1. The molecule has 8 nitrogen and oxygen atoms in total. The number of likely N-dealkylation sites (N-methyl/N-ethyl adjacent to an activating group) is 1. The van der Waals surface area contributed by atoms with Gasteiger partial charge in [-0.3, -0.25) is 14.4 Å². The minimum Gasteiger partial charge on any atom is -0.369 e. The quantitative estimate of drug-likeness (QED) is 0.606. The number of nitrogens with two attached hydrogens (primary N) is 1. The smallest absolute Gasteiger partial charge is 0.256 e. The van der Waals surface area contributed by atoms with Gasteiger partial charge in [-0.1, -0.05) is 18.2 Å². The first kappa shape index (κ1) is 17.6. The van der Waals surface area contributed by atoms with Gasteiger partial charge >= 0.3 is 0 Å². The fraction of sp³-hybridized carbons (Fsp3) is 0.176. The molecule has 3 rings (SSSR count). The monoisotopic (exact) mass is 371 g/mol. The van der Waals surface area contributed by atoms with E-state index >= 15 is 0 Å². The highest BCUT2D eigenvalue weighted by Gasteiger charge is 2.19. The number of thiazole rings is 1. The van der Waals surface area contributed by atoms with Crippen LogP contribution in [-0.2, 0) is 16.0 Å². The molecular weight excluding hydrogens is 354 g/mol. The van der Waals surface area contributed by atoms with Gasteiger partial charge in [0.2, 0.25) is 11.8 Å². The standard InChI is InChI=1S/C17H17N5O3S/c1-22(16(25)12-7-19-13-5-3-2-4-11(12)13)8-15(24)21-17-20-10(9-26-17)6-14(18)23/h2-5,7,9,19H,6,8H2,1H3,(H2,18,23)(H,20,21,24). The molecule has 1 aromatic carbocycles. The number of anilines is 1. The van der Waals surface area contributed by atoms with Crippen molar-refractivity contribution in [1.82, 2.24) is 14.9 Å². The number of hydrogen-bond donors (Lipinski definition) is 3. The van der Waals surface area contributed by atoms with Crippen LogP contribution < -0.4 is 11.1 Å². The number of para-hydroxylation sites is 1. The van der Waals surface area contributed by atoms with Crippen LogP contribution in [0.15, 0.2) is 35.8 Å². The Balaban J connectivity index is 1.62. The maximum atomic E-state index is 12.6. The number of benzene rings is 1. The SMILES string of the molecule is CN(CC(=O)Nc1nc(CC(N)=O)cs1)C(=O)c1c[nH]c2ccccc12. The van der Waals surface area contributed by atoms with E-state index in [-0.39, 0.29) is 24.8 Å². The summed E-state index contributed by atoms with van der Waals surface area (Å²) in [6.45, 7) is -0.122. The fourth-order valence-electron chi connectivity index (χ4n) is 2.52. The lowest BCUT2D eigenvalue weighted by atomic mass is 10.1. The van der Waals surface area contributed by atoms with Crippen LogP contribution in [0, 0.1) is 0 Å². The summed E-state index contributed by atoms with van der Waals surface area (Å²) in [5.41, 5.74) is 6.98. The number of carbonyl (C=O) groups is 3. The highest BCUT2D eigenvalue weighted by Crippen LogP contribution is 2.19. The van der Waals surface area contributed by atoms with E-state index in [2.05, 4.69) is 15.3 Å². The normalized spacial score (nSPS) is 10.7. The number of fused-ring (bicyclic) bond motifs is 1. The molecule has 0 fully saturated rings. The number of H-pyrrole nitrogens is 1. The second-order valence-electron chi connectivity index (χ2n) is 5.74. The lowest BCUT2D eigenvalue weighted by molar-refractivity contribution is -0.117. The second kappa shape index (κ2) is 7.36. The maximum Gasteiger partial charge on any atom is 0.256 e. The van der Waals surface area contributed by atoms with E-state index in [1.807, 2.05) is 24.3 Å². The number of aromatic amines is 1. The van der Waals surface area contributed by atoms with Gasteiger partial charge in [-0.15, -0.1) is 11.3 Å². The van der Waals surface area contributed by atoms with E-state index < -0.39 is 5.91 Å². The van der Waals surface area contributed by atoms with Crippen molar-refractivity contribution in [3.05, 3.63) is 47.1 Å². The van der Waals surface area contributed by atoms with Crippen molar-refractivity contribution in [2.24, 2.45) is 5.73 Å². The molecule has 2 aromatic heterocycles. The number of carbonyl (C=O) groups excluding carboxylic acids is 3. The molecule has 0 saturated carbocycles. The van der Waals surface area contributed by atoms with Crippen molar-refractivity contribution < 1.29 is 14.4 Å². The molecule has 0 spiro atoms. The van der Waals surface area contributed by atoms with Gasteiger partial charge < -0.3 is 20.9 Å². The van der Waals surface area contributed by atoms with Crippen LogP contribution in [0.2, 0.25) is 0 Å². The minimum atomic E-state index is -0.489. The average molecular weight is 371 g/mol. The Bertz CT molecular complexity index is 978. The molecule has 0 radical (unpaired) electrons. The van der Waals surface area contributed by atoms with Gasteiger partial charge in [0.1, 0.15) is 0 Å². The van der Waals surface area contributed by atoms with Crippen molar-refractivity contribution in [3.63, 3.8) is 0 Å². The van der Waals surface area contributed by atoms with Gasteiger partial charge in [0.25, 0.3) is 5.91 Å². The largest absolute Gasteiger partial charge is 0.369 e. The van der Waals surface area contributed by atoms with E-state index in [1.165, 1.54) is 16.2 Å². The summed E-state index contributed by atoms with van der Waals surface area (Å²) in [6, 6.07) is 7.46. The molecule has 9 heteroatoms. The van der Waals surface area contributed by atoms with Crippen molar-refractivity contribution >= 4 is 45.1 Å². The summed E-state index contributed by atoms with van der Waals surface area (Å²) in [6.07, 6.45) is 1.66. The summed E-state index contributed by atoms with van der Waals surface area (Å²) < 4.78 is 0. The third-order valence-corrected chi connectivity index (χ3v) is 4.51. The van der Waals surface area contributed by atoms with Crippen LogP contribution in [0.25, 0.3) is 10.9 Å². The zero-order chi connectivity index (χ0) is 18.7. The van der Waals surface area contributed by atoms with E-state index in [0.29, 0.717) is 16.4 Å². The molecular formula is C17H17N5O3S. The van der Waals surface area contributed by atoms with Crippen LogP contribution in [0.3, 0.4) is 0 Å². The molecule has 0 aliphatic carbocycles. The van der Waals surface area contributed by atoms with Crippen LogP contribution in [0.4, 0.5) is 5.13 Å². The summed E-state index contributed by atoms with van der Waals surface area (Å²) in [5, 5.41) is 5.44. The summed E-state index contributed by atoms with van der Waals surface area (Å²) in [7, 11) is 1.56. The number of aromatic nitrogens is 2. The molecule has 2 heterocycles. The minimum absolute atomic E-state index is 0.0192. The first-order chi connectivity index (χ1) is 12.4. The first-order valence-corrected chi connectivity index (χ1v) is 8.66. The van der Waals surface area contributed by atoms with Crippen LogP contribution in [0.1, 0.15) is 16.1 Å². The average Bonchev–Trinajstić information content (AvgIpc) is 3.20. The summed E-state index contributed by atoms with van der Waals surface area (Å²) in [5.74, 6) is -1.12. The topological polar surface area (TPSA) is 121 Å². The summed E-state index contributed by atoms with van der Waals surface area (Å²) in [4.78, 5) is 44.1. The highest BCUT2D eigenvalue weighted by atomic mass is 32.1. The number of rotatable bonds is 6. The second-order valence-corrected chi connectivity index (χ2v) is 6.60. The van der Waals surface area contributed by atoms with Gasteiger partial charge in [-0.2, -0.15) is 0 Å². The third kappa shape index (κ3) is 3.89.